The molecule has 2 N–H and O–H groups in total. The highest BCUT2D eigenvalue weighted by molar-refractivity contribution is 7.20. The fourth-order valence-electron chi connectivity index (χ4n) is 3.41. The summed E-state index contributed by atoms with van der Waals surface area (Å²) in [6.07, 6.45) is 2.00. The van der Waals surface area contributed by atoms with E-state index in [1.807, 2.05) is 48.7 Å². The van der Waals surface area contributed by atoms with Crippen LogP contribution in [0.25, 0.3) is 10.9 Å². The zero-order valence-corrected chi connectivity index (χ0v) is 17.9. The predicted molar refractivity (Wildman–Crippen MR) is 120 cm³/mol. The normalized spacial score (nSPS) is 12.1. The molecular formula is C22H18Cl2N2O2S. The van der Waals surface area contributed by atoms with Gasteiger partial charge >= 0.3 is 0 Å². The summed E-state index contributed by atoms with van der Waals surface area (Å²) in [5, 5.41) is 4.14. The molecule has 1 amide bonds. The molecule has 0 aliphatic rings. The first kappa shape index (κ1) is 19.8. The molecule has 1 atom stereocenters. The van der Waals surface area contributed by atoms with Crippen LogP contribution in [0.1, 0.15) is 27.4 Å². The highest BCUT2D eigenvalue weighted by atomic mass is 35.5. The molecule has 0 spiro atoms. The highest BCUT2D eigenvalue weighted by Gasteiger charge is 2.21. The summed E-state index contributed by atoms with van der Waals surface area (Å²) in [6, 6.07) is 17.6. The summed E-state index contributed by atoms with van der Waals surface area (Å²) >= 11 is 13.3. The zero-order chi connectivity index (χ0) is 20.4. The number of ether oxygens (including phenoxy) is 1. The van der Waals surface area contributed by atoms with Crippen molar-refractivity contribution < 1.29 is 9.53 Å². The molecule has 4 rings (SSSR count). The first-order valence-electron chi connectivity index (χ1n) is 9.00. The van der Waals surface area contributed by atoms with Crippen LogP contribution in [-0.2, 0) is 0 Å². The van der Waals surface area contributed by atoms with E-state index >= 15 is 0 Å². The second-order valence-electron chi connectivity index (χ2n) is 6.56. The van der Waals surface area contributed by atoms with Gasteiger partial charge in [0.25, 0.3) is 5.91 Å². The van der Waals surface area contributed by atoms with E-state index in [4.69, 9.17) is 27.9 Å². The van der Waals surface area contributed by atoms with Crippen LogP contribution in [-0.4, -0.2) is 24.5 Å². The van der Waals surface area contributed by atoms with Crippen molar-refractivity contribution in [3.8, 4) is 5.75 Å². The number of para-hydroxylation sites is 1. The number of H-pyrrole nitrogens is 1. The van der Waals surface area contributed by atoms with E-state index in [1.165, 1.54) is 11.3 Å². The first-order valence-corrected chi connectivity index (χ1v) is 10.6. The minimum absolute atomic E-state index is 0.0473. The van der Waals surface area contributed by atoms with E-state index in [0.29, 0.717) is 20.8 Å². The van der Waals surface area contributed by atoms with Crippen LogP contribution in [0.4, 0.5) is 0 Å². The predicted octanol–water partition coefficient (Wildman–Crippen LogP) is 6.11. The number of fused-ring (bicyclic) bond motifs is 1. The van der Waals surface area contributed by atoms with E-state index in [9.17, 15) is 4.79 Å². The number of aromatic nitrogens is 1. The van der Waals surface area contributed by atoms with Gasteiger partial charge in [0, 0.05) is 29.6 Å². The average Bonchev–Trinajstić information content (AvgIpc) is 3.31. The lowest BCUT2D eigenvalue weighted by molar-refractivity contribution is 0.0953. The van der Waals surface area contributed by atoms with Crippen molar-refractivity contribution in [2.24, 2.45) is 0 Å². The van der Waals surface area contributed by atoms with Crippen LogP contribution >= 0.6 is 34.5 Å². The molecule has 0 aliphatic carbocycles. The largest absolute Gasteiger partial charge is 0.497 e. The standard InChI is InChI=1S/C22H18Cl2N2O2S/c1-28-14-8-6-13(7-9-14)17(18-12-25-19-5-3-2-4-15(18)19)11-26-22(27)16-10-20(23)29-21(16)24/h2-10,12,17,25H,11H2,1H3,(H,26,27). The van der Waals surface area contributed by atoms with Crippen molar-refractivity contribution in [2.45, 2.75) is 5.92 Å². The van der Waals surface area contributed by atoms with Crippen molar-refractivity contribution in [2.75, 3.05) is 13.7 Å². The van der Waals surface area contributed by atoms with E-state index < -0.39 is 0 Å². The van der Waals surface area contributed by atoms with Gasteiger partial charge in [-0.15, -0.1) is 11.3 Å². The van der Waals surface area contributed by atoms with Crippen LogP contribution < -0.4 is 10.1 Å². The Balaban J connectivity index is 1.66. The Bertz CT molecular complexity index is 1150. The molecule has 29 heavy (non-hydrogen) atoms. The highest BCUT2D eigenvalue weighted by Crippen LogP contribution is 2.33. The zero-order valence-electron chi connectivity index (χ0n) is 15.5. The maximum atomic E-state index is 12.7. The van der Waals surface area contributed by atoms with Gasteiger partial charge in [-0.25, -0.2) is 0 Å². The second kappa shape index (κ2) is 8.49. The SMILES string of the molecule is COc1ccc(C(CNC(=O)c2cc(Cl)sc2Cl)c2c[nH]c3ccccc23)cc1. The number of thiophene rings is 1. The summed E-state index contributed by atoms with van der Waals surface area (Å²) in [5.41, 5.74) is 3.64. The molecule has 4 nitrogen and oxygen atoms in total. The maximum absolute atomic E-state index is 12.7. The number of methoxy groups -OCH3 is 1. The van der Waals surface area contributed by atoms with Gasteiger partial charge in [0.1, 0.15) is 10.1 Å². The third-order valence-electron chi connectivity index (χ3n) is 4.88. The number of rotatable bonds is 6. The second-order valence-corrected chi connectivity index (χ2v) is 8.85. The number of carbonyl (C=O) groups excluding carboxylic acids is 1. The van der Waals surface area contributed by atoms with Crippen molar-refractivity contribution >= 4 is 51.3 Å². The first-order chi connectivity index (χ1) is 14.1. The molecule has 7 heteroatoms. The molecule has 0 bridgehead atoms. The Morgan fingerprint density at radius 3 is 2.62 bits per heavy atom. The lowest BCUT2D eigenvalue weighted by Crippen LogP contribution is -2.28. The molecule has 148 valence electrons. The van der Waals surface area contributed by atoms with Crippen LogP contribution in [0.15, 0.2) is 60.8 Å². The third kappa shape index (κ3) is 4.13. The molecule has 0 fully saturated rings. The quantitative estimate of drug-likeness (QED) is 0.377. The number of benzene rings is 2. The van der Waals surface area contributed by atoms with Crippen LogP contribution in [0.2, 0.25) is 8.67 Å². The van der Waals surface area contributed by atoms with Crippen molar-refractivity contribution in [1.82, 2.24) is 10.3 Å². The number of hydrogen-bond donors (Lipinski definition) is 2. The fraction of sp³-hybridized carbons (Fsp3) is 0.136. The summed E-state index contributed by atoms with van der Waals surface area (Å²) in [6.45, 7) is 0.413. The van der Waals surface area contributed by atoms with Crippen LogP contribution in [0, 0.1) is 0 Å². The van der Waals surface area contributed by atoms with Crippen molar-refractivity contribution in [3.63, 3.8) is 0 Å². The number of carbonyl (C=O) groups is 1. The molecule has 0 radical (unpaired) electrons. The summed E-state index contributed by atoms with van der Waals surface area (Å²) in [4.78, 5) is 16.0. The Kier molecular flexibility index (Phi) is 5.81. The van der Waals surface area contributed by atoms with E-state index in [2.05, 4.69) is 16.4 Å². The molecule has 2 aromatic carbocycles. The molecule has 0 saturated heterocycles. The molecule has 0 saturated carbocycles. The number of nitrogens with one attached hydrogen (secondary N) is 2. The Labute approximate surface area is 182 Å². The maximum Gasteiger partial charge on any atom is 0.253 e. The van der Waals surface area contributed by atoms with E-state index in [1.54, 1.807) is 13.2 Å². The van der Waals surface area contributed by atoms with Crippen LogP contribution in [0.5, 0.6) is 5.75 Å². The van der Waals surface area contributed by atoms with Crippen molar-refractivity contribution in [1.29, 1.82) is 0 Å². The van der Waals surface area contributed by atoms with Gasteiger partial charge in [-0.1, -0.05) is 53.5 Å². The lowest BCUT2D eigenvalue weighted by atomic mass is 9.90. The topological polar surface area (TPSA) is 54.1 Å². The molecule has 2 heterocycles. The minimum Gasteiger partial charge on any atom is -0.497 e. The monoisotopic (exact) mass is 444 g/mol. The lowest BCUT2D eigenvalue weighted by Gasteiger charge is -2.18. The number of amides is 1. The van der Waals surface area contributed by atoms with Crippen LogP contribution in [0.3, 0.4) is 0 Å². The number of hydrogen-bond acceptors (Lipinski definition) is 3. The smallest absolute Gasteiger partial charge is 0.253 e. The Hall–Kier alpha value is -2.47. The van der Waals surface area contributed by atoms with Gasteiger partial charge in [-0.05, 0) is 35.4 Å². The Morgan fingerprint density at radius 1 is 1.17 bits per heavy atom. The van der Waals surface area contributed by atoms with Gasteiger partial charge in [-0.2, -0.15) is 0 Å². The van der Waals surface area contributed by atoms with Gasteiger partial charge in [0.2, 0.25) is 0 Å². The molecule has 4 aromatic rings. The van der Waals surface area contributed by atoms with Crippen molar-refractivity contribution in [3.05, 3.63) is 86.2 Å². The van der Waals surface area contributed by atoms with E-state index in [-0.39, 0.29) is 11.8 Å². The minimum atomic E-state index is -0.239. The summed E-state index contributed by atoms with van der Waals surface area (Å²) in [7, 11) is 1.64. The van der Waals surface area contributed by atoms with Gasteiger partial charge in [0.05, 0.1) is 17.0 Å². The fourth-order valence-corrected chi connectivity index (χ4v) is 4.87. The summed E-state index contributed by atoms with van der Waals surface area (Å²) < 4.78 is 6.16. The third-order valence-corrected chi connectivity index (χ3v) is 6.37. The van der Waals surface area contributed by atoms with Gasteiger partial charge < -0.3 is 15.0 Å². The average molecular weight is 445 g/mol. The number of halogens is 2. The van der Waals surface area contributed by atoms with Gasteiger partial charge in [0.15, 0.2) is 0 Å². The Morgan fingerprint density at radius 2 is 1.93 bits per heavy atom. The molecule has 0 aliphatic heterocycles. The molecule has 1 unspecified atom stereocenters. The van der Waals surface area contributed by atoms with Gasteiger partial charge in [-0.3, -0.25) is 4.79 Å². The van der Waals surface area contributed by atoms with E-state index in [0.717, 1.165) is 27.8 Å². The number of aromatic amines is 1. The molecular weight excluding hydrogens is 427 g/mol. The summed E-state index contributed by atoms with van der Waals surface area (Å²) in [5.74, 6) is 0.501. The molecule has 2 aromatic heterocycles.